The van der Waals surface area contributed by atoms with Gasteiger partial charge in [-0.05, 0) is 155 Å². The number of carbonyl (C=O) groups is 6. The van der Waals surface area contributed by atoms with Crippen molar-refractivity contribution in [3.63, 3.8) is 0 Å². The van der Waals surface area contributed by atoms with E-state index in [-0.39, 0.29) is 50.9 Å². The highest BCUT2D eigenvalue weighted by Gasteiger charge is 2.34. The van der Waals surface area contributed by atoms with Gasteiger partial charge in [-0.25, -0.2) is 0 Å². The first-order valence-electron chi connectivity index (χ1n) is 25.6. The highest BCUT2D eigenvalue weighted by atomic mass is 16.3. The number of phenols is 1. The van der Waals surface area contributed by atoms with Gasteiger partial charge in [-0.3, -0.25) is 28.8 Å². The minimum absolute atomic E-state index is 0.0167. The quantitative estimate of drug-likeness (QED) is 0.0450. The SMILES string of the molecule is Cc1cc(O)cc(C)c1C[C@H](N)C(=O)N[C@H](CCCCN)C(=O)N[C@H]1Cc2ccccc2CN(CCC(=O)N[C@@H](CCCN2CCC(Cc3ccccc3)CC2)C(=O)N[C@@H](Cc2ccccc2)C(N)=O)C1=O. The van der Waals surface area contributed by atoms with Gasteiger partial charge >= 0.3 is 0 Å². The molecule has 72 heavy (non-hydrogen) atoms. The Balaban J connectivity index is 1.10. The second-order valence-electron chi connectivity index (χ2n) is 19.6. The van der Waals surface area contributed by atoms with Gasteiger partial charge < -0.3 is 53.4 Å². The minimum Gasteiger partial charge on any atom is -0.508 e. The lowest BCUT2D eigenvalue weighted by Crippen LogP contribution is -2.56. The maximum Gasteiger partial charge on any atom is 0.245 e. The van der Waals surface area contributed by atoms with Crippen LogP contribution in [0.4, 0.5) is 0 Å². The largest absolute Gasteiger partial charge is 0.508 e. The van der Waals surface area contributed by atoms with Gasteiger partial charge in [0.25, 0.3) is 0 Å². The van der Waals surface area contributed by atoms with E-state index in [2.05, 4.69) is 50.4 Å². The molecule has 2 heterocycles. The second kappa shape index (κ2) is 27.3. The number of hydrogen-bond acceptors (Lipinski definition) is 10. The van der Waals surface area contributed by atoms with Crippen molar-refractivity contribution in [2.75, 3.05) is 32.7 Å². The first kappa shape index (κ1) is 54.7. The molecule has 5 atom stereocenters. The lowest BCUT2D eigenvalue weighted by Gasteiger charge is -2.32. The van der Waals surface area contributed by atoms with Crippen molar-refractivity contribution in [2.24, 2.45) is 23.1 Å². The predicted octanol–water partition coefficient (Wildman–Crippen LogP) is 3.38. The molecule has 0 radical (unpaired) electrons. The summed E-state index contributed by atoms with van der Waals surface area (Å²) >= 11 is 0. The molecule has 11 N–H and O–H groups in total. The molecule has 6 rings (SSSR count). The smallest absolute Gasteiger partial charge is 0.245 e. The van der Waals surface area contributed by atoms with Crippen LogP contribution in [0.2, 0.25) is 0 Å². The molecule has 16 nitrogen and oxygen atoms in total. The third-order valence-corrected chi connectivity index (χ3v) is 14.1. The van der Waals surface area contributed by atoms with Crippen molar-refractivity contribution in [1.29, 1.82) is 0 Å². The van der Waals surface area contributed by atoms with Crippen molar-refractivity contribution in [1.82, 2.24) is 31.1 Å². The van der Waals surface area contributed by atoms with E-state index in [0.717, 1.165) is 72.3 Å². The molecule has 4 aromatic rings. The predicted molar refractivity (Wildman–Crippen MR) is 278 cm³/mol. The number of hydrogen-bond donors (Lipinski definition) is 8. The molecule has 0 aliphatic carbocycles. The van der Waals surface area contributed by atoms with E-state index < -0.39 is 65.7 Å². The zero-order valence-electron chi connectivity index (χ0n) is 42.0. The van der Waals surface area contributed by atoms with Gasteiger partial charge in [0.1, 0.15) is 29.9 Å². The molecule has 6 amide bonds. The number of fused-ring (bicyclic) bond motifs is 1. The molecule has 1 fully saturated rings. The van der Waals surface area contributed by atoms with Crippen LogP contribution in [-0.2, 0) is 61.0 Å². The van der Waals surface area contributed by atoms with Crippen molar-refractivity contribution >= 4 is 35.4 Å². The Morgan fingerprint density at radius 3 is 1.96 bits per heavy atom. The van der Waals surface area contributed by atoms with Gasteiger partial charge in [0.15, 0.2) is 0 Å². The Morgan fingerprint density at radius 1 is 0.708 bits per heavy atom. The number of carbonyl (C=O) groups excluding carboxylic acids is 6. The van der Waals surface area contributed by atoms with Crippen molar-refractivity contribution in [3.05, 3.63) is 136 Å². The highest BCUT2D eigenvalue weighted by molar-refractivity contribution is 5.94. The monoisotopic (exact) mass is 986 g/mol. The van der Waals surface area contributed by atoms with Crippen LogP contribution in [0.3, 0.4) is 0 Å². The van der Waals surface area contributed by atoms with E-state index in [4.69, 9.17) is 17.2 Å². The molecular formula is C56H75N9O7. The Labute approximate surface area is 424 Å². The number of aryl methyl sites for hydroxylation is 2. The first-order chi connectivity index (χ1) is 34.7. The summed E-state index contributed by atoms with van der Waals surface area (Å²) in [7, 11) is 0. The molecule has 2 aliphatic rings. The average molecular weight is 986 g/mol. The number of benzene rings is 4. The van der Waals surface area contributed by atoms with E-state index in [9.17, 15) is 33.9 Å². The summed E-state index contributed by atoms with van der Waals surface area (Å²) in [4.78, 5) is 86.7. The van der Waals surface area contributed by atoms with E-state index in [1.165, 1.54) is 10.5 Å². The number of unbranched alkanes of at least 4 members (excludes halogenated alkanes) is 1. The number of phenolic OH excluding ortho intramolecular Hbond substituents is 1. The number of rotatable bonds is 25. The molecule has 0 unspecified atom stereocenters. The fourth-order valence-electron chi connectivity index (χ4n) is 9.94. The van der Waals surface area contributed by atoms with Gasteiger partial charge in [-0.1, -0.05) is 84.9 Å². The van der Waals surface area contributed by atoms with Crippen molar-refractivity contribution < 1.29 is 33.9 Å². The number of nitrogens with zero attached hydrogens (tertiary/aromatic N) is 2. The maximum atomic E-state index is 14.5. The molecule has 0 spiro atoms. The summed E-state index contributed by atoms with van der Waals surface area (Å²) < 4.78 is 0. The van der Waals surface area contributed by atoms with Crippen LogP contribution in [0, 0.1) is 19.8 Å². The zero-order valence-corrected chi connectivity index (χ0v) is 42.0. The van der Waals surface area contributed by atoms with E-state index in [0.29, 0.717) is 38.1 Å². The summed E-state index contributed by atoms with van der Waals surface area (Å²) in [6, 6.07) is 25.5. The van der Waals surface area contributed by atoms with Crippen LogP contribution in [0.1, 0.15) is 90.3 Å². The number of likely N-dealkylation sites (tertiary alicyclic amines) is 1. The Morgan fingerprint density at radius 2 is 1.31 bits per heavy atom. The van der Waals surface area contributed by atoms with E-state index in [1.807, 2.05) is 74.5 Å². The van der Waals surface area contributed by atoms with Crippen LogP contribution in [0.25, 0.3) is 0 Å². The molecule has 2 aliphatic heterocycles. The first-order valence-corrected chi connectivity index (χ1v) is 25.6. The highest BCUT2D eigenvalue weighted by Crippen LogP contribution is 2.24. The standard InChI is InChI=1S/C56H75N9O7/c1-37-30-44(66)31-38(2)45(37)35-46(58)53(69)61-48(20-11-12-25-57)55(71)63-50-34-42-18-9-10-19-43(42)36-65(56(50)72)29-24-51(67)60-47(54(70)62-49(52(59)68)33-40-16-7-4-8-17-40)21-13-26-64-27-22-41(23-28-64)32-39-14-5-3-6-15-39/h3-10,14-19,30-31,41,46-50,66H,11-13,20-29,32-36,57-58H2,1-2H3,(H2,59,68)(H,60,67)(H,61,69)(H,62,70)(H,63,71)/t46-,47-,48+,49-,50-/m0/s1. The normalized spacial score (nSPS) is 16.9. The second-order valence-corrected chi connectivity index (χ2v) is 19.6. The molecule has 16 heteroatoms. The van der Waals surface area contributed by atoms with Crippen LogP contribution >= 0.6 is 0 Å². The lowest BCUT2D eigenvalue weighted by molar-refractivity contribution is -0.138. The molecular weight excluding hydrogens is 911 g/mol. The Bertz CT molecular complexity index is 2420. The van der Waals surface area contributed by atoms with Gasteiger partial charge in [-0.15, -0.1) is 0 Å². The lowest BCUT2D eigenvalue weighted by atomic mass is 9.90. The van der Waals surface area contributed by atoms with Crippen LogP contribution < -0.4 is 38.5 Å². The van der Waals surface area contributed by atoms with Crippen LogP contribution in [-0.4, -0.2) is 113 Å². The maximum absolute atomic E-state index is 14.5. The van der Waals surface area contributed by atoms with Crippen LogP contribution in [0.5, 0.6) is 5.75 Å². The molecule has 4 aromatic carbocycles. The molecule has 0 bridgehead atoms. The fourth-order valence-corrected chi connectivity index (χ4v) is 9.94. The average Bonchev–Trinajstić information content (AvgIpc) is 3.49. The number of aromatic hydroxyl groups is 1. The minimum atomic E-state index is -1.02. The topological polar surface area (TPSA) is 255 Å². The summed E-state index contributed by atoms with van der Waals surface area (Å²) in [6.07, 6.45) is 5.93. The molecule has 0 aromatic heterocycles. The van der Waals surface area contributed by atoms with Gasteiger partial charge in [0.05, 0.1) is 6.04 Å². The number of piperidine rings is 1. The van der Waals surface area contributed by atoms with E-state index >= 15 is 0 Å². The third kappa shape index (κ3) is 16.5. The molecule has 1 saturated heterocycles. The Kier molecular flexibility index (Phi) is 20.7. The zero-order chi connectivity index (χ0) is 51.6. The summed E-state index contributed by atoms with van der Waals surface area (Å²) in [5, 5.41) is 21.5. The number of nitrogens with two attached hydrogens (primary N) is 3. The van der Waals surface area contributed by atoms with Gasteiger partial charge in [0.2, 0.25) is 35.4 Å². The number of nitrogens with one attached hydrogen (secondary N) is 4. The van der Waals surface area contributed by atoms with Gasteiger partial charge in [0, 0.05) is 32.4 Å². The summed E-state index contributed by atoms with van der Waals surface area (Å²) in [5.74, 6) is -2.44. The van der Waals surface area contributed by atoms with Crippen molar-refractivity contribution in [2.45, 2.75) is 128 Å². The van der Waals surface area contributed by atoms with Gasteiger partial charge in [-0.2, -0.15) is 0 Å². The molecule has 0 saturated carbocycles. The fraction of sp³-hybridized carbons (Fsp3) is 0.464. The number of amides is 6. The van der Waals surface area contributed by atoms with Crippen LogP contribution in [0.15, 0.2) is 97.1 Å². The number of primary amides is 1. The summed E-state index contributed by atoms with van der Waals surface area (Å²) in [6.45, 7) is 6.84. The third-order valence-electron chi connectivity index (χ3n) is 14.1. The summed E-state index contributed by atoms with van der Waals surface area (Å²) in [5.41, 5.74) is 24.3. The van der Waals surface area contributed by atoms with E-state index in [1.54, 1.807) is 12.1 Å². The Hall–Kier alpha value is -6.62. The van der Waals surface area contributed by atoms with Crippen molar-refractivity contribution in [3.8, 4) is 5.75 Å². The molecule has 386 valence electrons.